The Balaban J connectivity index is 3.06. The van der Waals surface area contributed by atoms with Crippen LogP contribution in [0.25, 0.3) is 0 Å². The predicted molar refractivity (Wildman–Crippen MR) is 83.5 cm³/mol. The minimum Gasteiger partial charge on any atom is -0.467 e. The minimum absolute atomic E-state index is 0.0251. The van der Waals surface area contributed by atoms with Crippen molar-refractivity contribution in [2.75, 3.05) is 7.11 Å². The summed E-state index contributed by atoms with van der Waals surface area (Å²) in [4.78, 5) is 23.6. The van der Waals surface area contributed by atoms with Crippen molar-refractivity contribution in [1.29, 1.82) is 0 Å². The maximum absolute atomic E-state index is 12.8. The molecule has 0 fully saturated rings. The Hall–Kier alpha value is -2.52. The highest BCUT2D eigenvalue weighted by Crippen LogP contribution is 2.36. The molecule has 0 bridgehead atoms. The van der Waals surface area contributed by atoms with Gasteiger partial charge in [0, 0.05) is 0 Å². The van der Waals surface area contributed by atoms with Crippen molar-refractivity contribution >= 4 is 11.9 Å². The number of hydrogen-bond acceptors (Lipinski definition) is 3. The number of benzene rings is 1. The zero-order valence-electron chi connectivity index (χ0n) is 14.2. The molecule has 0 heterocycles. The molecule has 0 unspecified atom stereocenters. The summed E-state index contributed by atoms with van der Waals surface area (Å²) < 4.78 is 81.5. The van der Waals surface area contributed by atoms with E-state index in [0.29, 0.717) is 18.6 Å². The van der Waals surface area contributed by atoms with Crippen LogP contribution in [0.2, 0.25) is 0 Å². The highest BCUT2D eigenvalue weighted by atomic mass is 19.4. The smallest absolute Gasteiger partial charge is 0.416 e. The number of allylic oxidation sites excluding steroid dienone is 1. The van der Waals surface area contributed by atoms with Crippen molar-refractivity contribution < 1.29 is 40.7 Å². The number of alkyl halides is 6. The number of hydrogen-bond donors (Lipinski definition) is 1. The average molecular weight is 397 g/mol. The molecule has 1 aromatic carbocycles. The summed E-state index contributed by atoms with van der Waals surface area (Å²) in [6, 6.07) is -0.187. The maximum Gasteiger partial charge on any atom is 0.416 e. The van der Waals surface area contributed by atoms with Crippen LogP contribution in [0.5, 0.6) is 0 Å². The van der Waals surface area contributed by atoms with Gasteiger partial charge >= 0.3 is 18.3 Å². The van der Waals surface area contributed by atoms with Crippen LogP contribution in [0.3, 0.4) is 0 Å². The van der Waals surface area contributed by atoms with Gasteiger partial charge in [0.25, 0.3) is 0 Å². The largest absolute Gasteiger partial charge is 0.467 e. The molecule has 1 amide bonds. The maximum atomic E-state index is 12.8. The number of ether oxygens (including phenoxy) is 1. The van der Waals surface area contributed by atoms with E-state index < -0.39 is 53.4 Å². The van der Waals surface area contributed by atoms with Crippen molar-refractivity contribution in [2.24, 2.45) is 0 Å². The van der Waals surface area contributed by atoms with E-state index in [1.165, 1.54) is 6.08 Å². The average Bonchev–Trinajstić information content (AvgIpc) is 2.55. The molecule has 0 aliphatic heterocycles. The normalized spacial score (nSPS) is 13.0. The van der Waals surface area contributed by atoms with E-state index in [4.69, 9.17) is 0 Å². The molecular weight excluding hydrogens is 380 g/mol. The third kappa shape index (κ3) is 6.95. The number of methoxy groups -OCH3 is 1. The monoisotopic (exact) mass is 397 g/mol. The number of carbonyl (C=O) groups is 2. The number of rotatable bonds is 7. The third-order valence-electron chi connectivity index (χ3n) is 3.49. The first-order chi connectivity index (χ1) is 12.4. The van der Waals surface area contributed by atoms with Gasteiger partial charge in [-0.15, -0.1) is 6.58 Å². The lowest BCUT2D eigenvalue weighted by Gasteiger charge is -2.17. The van der Waals surface area contributed by atoms with E-state index in [-0.39, 0.29) is 12.5 Å². The summed E-state index contributed by atoms with van der Waals surface area (Å²) in [5.74, 6) is -1.70. The van der Waals surface area contributed by atoms with Gasteiger partial charge < -0.3 is 10.1 Å². The number of carbonyl (C=O) groups excluding carboxylic acids is 2. The van der Waals surface area contributed by atoms with E-state index in [9.17, 15) is 35.9 Å². The number of nitrogens with one attached hydrogen (secondary N) is 1. The molecular formula is C17H17F6NO3. The fourth-order valence-corrected chi connectivity index (χ4v) is 2.23. The molecule has 0 radical (unpaired) electrons. The van der Waals surface area contributed by atoms with Crippen LogP contribution in [0.1, 0.15) is 29.5 Å². The standard InChI is InChI=1S/C17H17F6NO3/c1-3-4-5-13(15(26)27-2)24-14(25)8-10-6-11(16(18,19)20)9-12(7-10)17(21,22)23/h3,6-7,9,13H,1,4-5,8H2,2H3,(H,24,25)/t13-/m1/s1. The van der Waals surface area contributed by atoms with Gasteiger partial charge in [-0.1, -0.05) is 6.08 Å². The predicted octanol–water partition coefficient (Wildman–Crippen LogP) is 3.89. The van der Waals surface area contributed by atoms with Gasteiger partial charge in [-0.3, -0.25) is 4.79 Å². The Morgan fingerprint density at radius 1 is 1.11 bits per heavy atom. The molecule has 4 nitrogen and oxygen atoms in total. The van der Waals surface area contributed by atoms with Crippen LogP contribution in [0, 0.1) is 0 Å². The van der Waals surface area contributed by atoms with Gasteiger partial charge in [0.15, 0.2) is 0 Å². The number of esters is 1. The van der Waals surface area contributed by atoms with E-state index in [1.54, 1.807) is 0 Å². The summed E-state index contributed by atoms with van der Waals surface area (Å²) in [5.41, 5.74) is -3.52. The summed E-state index contributed by atoms with van der Waals surface area (Å²) in [6.45, 7) is 3.45. The zero-order chi connectivity index (χ0) is 20.8. The highest BCUT2D eigenvalue weighted by Gasteiger charge is 2.37. The van der Waals surface area contributed by atoms with Crippen LogP contribution < -0.4 is 5.32 Å². The van der Waals surface area contributed by atoms with Crippen LogP contribution in [-0.2, 0) is 33.1 Å². The second kappa shape index (κ2) is 8.92. The van der Waals surface area contributed by atoms with Gasteiger partial charge in [0.05, 0.1) is 24.7 Å². The molecule has 0 saturated carbocycles. The van der Waals surface area contributed by atoms with Gasteiger partial charge in [-0.25, -0.2) is 4.79 Å². The van der Waals surface area contributed by atoms with Crippen LogP contribution in [0.15, 0.2) is 30.9 Å². The summed E-state index contributed by atoms with van der Waals surface area (Å²) in [6.07, 6.45) is -8.85. The zero-order valence-corrected chi connectivity index (χ0v) is 14.2. The molecule has 0 aliphatic rings. The molecule has 1 atom stereocenters. The van der Waals surface area contributed by atoms with E-state index in [2.05, 4.69) is 16.6 Å². The molecule has 0 spiro atoms. The lowest BCUT2D eigenvalue weighted by Crippen LogP contribution is -2.42. The SMILES string of the molecule is C=CCC[C@@H](NC(=O)Cc1cc(C(F)(F)F)cc(C(F)(F)F)c1)C(=O)OC. The molecule has 150 valence electrons. The van der Waals surface area contributed by atoms with E-state index in [0.717, 1.165) is 7.11 Å². The first-order valence-corrected chi connectivity index (χ1v) is 7.65. The van der Waals surface area contributed by atoms with Gasteiger partial charge in [0.2, 0.25) is 5.91 Å². The molecule has 0 aliphatic carbocycles. The van der Waals surface area contributed by atoms with Crippen molar-refractivity contribution in [1.82, 2.24) is 5.32 Å². The first kappa shape index (κ1) is 22.5. The van der Waals surface area contributed by atoms with Crippen molar-refractivity contribution in [3.8, 4) is 0 Å². The molecule has 0 saturated heterocycles. The quantitative estimate of drug-likeness (QED) is 0.432. The highest BCUT2D eigenvalue weighted by molar-refractivity contribution is 5.85. The summed E-state index contributed by atoms with van der Waals surface area (Å²) in [5, 5.41) is 2.24. The Kier molecular flexibility index (Phi) is 7.44. The van der Waals surface area contributed by atoms with Crippen molar-refractivity contribution in [2.45, 2.75) is 37.7 Å². The van der Waals surface area contributed by atoms with Gasteiger partial charge in [-0.05, 0) is 36.6 Å². The van der Waals surface area contributed by atoms with Gasteiger partial charge in [0.1, 0.15) is 6.04 Å². The molecule has 0 aromatic heterocycles. The molecule has 27 heavy (non-hydrogen) atoms. The van der Waals surface area contributed by atoms with E-state index >= 15 is 0 Å². The second-order valence-corrected chi connectivity index (χ2v) is 5.60. The first-order valence-electron chi connectivity index (χ1n) is 7.65. The minimum atomic E-state index is -5.01. The molecule has 1 aromatic rings. The molecule has 1 N–H and O–H groups in total. The summed E-state index contributed by atoms with van der Waals surface area (Å²) >= 11 is 0. The number of amides is 1. The molecule has 10 heteroatoms. The van der Waals surface area contributed by atoms with Crippen LogP contribution >= 0.6 is 0 Å². The van der Waals surface area contributed by atoms with Crippen LogP contribution in [-0.4, -0.2) is 25.0 Å². The fourth-order valence-electron chi connectivity index (χ4n) is 2.23. The Bertz CT molecular complexity index is 665. The Labute approximate surface area is 151 Å². The Morgan fingerprint density at radius 3 is 2.04 bits per heavy atom. The fraction of sp³-hybridized carbons (Fsp3) is 0.412. The molecule has 1 rings (SSSR count). The lowest BCUT2D eigenvalue weighted by atomic mass is 10.0. The Morgan fingerprint density at radius 2 is 1.63 bits per heavy atom. The van der Waals surface area contributed by atoms with Gasteiger partial charge in [-0.2, -0.15) is 26.3 Å². The second-order valence-electron chi connectivity index (χ2n) is 5.60. The van der Waals surface area contributed by atoms with Crippen LogP contribution in [0.4, 0.5) is 26.3 Å². The number of halogens is 6. The van der Waals surface area contributed by atoms with Crippen molar-refractivity contribution in [3.05, 3.63) is 47.5 Å². The topological polar surface area (TPSA) is 55.4 Å². The third-order valence-corrected chi connectivity index (χ3v) is 3.49. The lowest BCUT2D eigenvalue weighted by molar-refractivity contribution is -0.145. The van der Waals surface area contributed by atoms with Crippen molar-refractivity contribution in [3.63, 3.8) is 0 Å². The van der Waals surface area contributed by atoms with E-state index in [1.807, 2.05) is 0 Å². The summed E-state index contributed by atoms with van der Waals surface area (Å²) in [7, 11) is 1.08.